The molecule has 2 aromatic carbocycles. The Morgan fingerprint density at radius 1 is 1.18 bits per heavy atom. The number of fused-ring (bicyclic) bond motifs is 1. The molecule has 0 bridgehead atoms. The quantitative estimate of drug-likeness (QED) is 0.703. The van der Waals surface area contributed by atoms with E-state index in [4.69, 9.17) is 11.0 Å². The van der Waals surface area contributed by atoms with Gasteiger partial charge in [-0.1, -0.05) is 12.1 Å². The van der Waals surface area contributed by atoms with E-state index in [0.29, 0.717) is 23.1 Å². The average molecular weight is 385 g/mol. The fourth-order valence-electron chi connectivity index (χ4n) is 3.49. The number of nitrogens with two attached hydrogens (primary N) is 1. The normalized spacial score (nSPS) is 22.4. The number of imidazole rings is 1. The number of benzene rings is 2. The lowest BCUT2D eigenvalue weighted by Gasteiger charge is -2.37. The van der Waals surface area contributed by atoms with Gasteiger partial charge in [-0.3, -0.25) is 0 Å². The van der Waals surface area contributed by atoms with Gasteiger partial charge in [0.25, 0.3) is 0 Å². The van der Waals surface area contributed by atoms with E-state index in [9.17, 15) is 13.2 Å². The summed E-state index contributed by atoms with van der Waals surface area (Å²) in [5, 5.41) is 8.95. The fraction of sp³-hybridized carbons (Fsp3) is 0.300. The number of hydrogen-bond acceptors (Lipinski definition) is 4. The summed E-state index contributed by atoms with van der Waals surface area (Å²) in [4.78, 5) is 5.80. The van der Waals surface area contributed by atoms with Gasteiger partial charge < -0.3 is 15.2 Å². The van der Waals surface area contributed by atoms with Crippen LogP contribution in [-0.2, 0) is 6.54 Å². The summed E-state index contributed by atoms with van der Waals surface area (Å²) in [5.74, 6) is -0.157. The van der Waals surface area contributed by atoms with Gasteiger partial charge in [-0.05, 0) is 42.3 Å². The summed E-state index contributed by atoms with van der Waals surface area (Å²) in [5.41, 5.74) is 8.05. The molecule has 0 spiro atoms. The summed E-state index contributed by atoms with van der Waals surface area (Å²) in [6.07, 6.45) is -3.05. The number of anilines is 1. The molecule has 1 saturated heterocycles. The number of hydrogen-bond donors (Lipinski definition) is 1. The summed E-state index contributed by atoms with van der Waals surface area (Å²) in [6.45, 7) is 0.410. The zero-order valence-corrected chi connectivity index (χ0v) is 14.9. The summed E-state index contributed by atoms with van der Waals surface area (Å²) in [7, 11) is 0. The van der Waals surface area contributed by atoms with Gasteiger partial charge in [0.2, 0.25) is 5.95 Å². The first-order chi connectivity index (χ1) is 13.5. The molecule has 2 heterocycles. The zero-order valence-electron chi connectivity index (χ0n) is 14.9. The highest BCUT2D eigenvalue weighted by Crippen LogP contribution is 2.30. The number of nitrogens with zero attached hydrogens (tertiary/aromatic N) is 4. The second kappa shape index (κ2) is 7.17. The van der Waals surface area contributed by atoms with Crippen LogP contribution in [0.15, 0.2) is 42.5 Å². The van der Waals surface area contributed by atoms with Gasteiger partial charge in [-0.25, -0.2) is 18.2 Å². The van der Waals surface area contributed by atoms with Crippen LogP contribution in [-0.4, -0.2) is 34.6 Å². The molecule has 0 radical (unpaired) electrons. The molecular weight excluding hydrogens is 367 g/mol. The highest BCUT2D eigenvalue weighted by Gasteiger charge is 2.38. The fourth-order valence-corrected chi connectivity index (χ4v) is 3.49. The minimum absolute atomic E-state index is 0.0933. The molecular formula is C20H18F3N5. The third kappa shape index (κ3) is 3.18. The molecule has 28 heavy (non-hydrogen) atoms. The molecule has 0 aliphatic carbocycles. The van der Waals surface area contributed by atoms with Crippen molar-refractivity contribution >= 4 is 17.0 Å². The van der Waals surface area contributed by atoms with Crippen LogP contribution in [0.2, 0.25) is 0 Å². The first-order valence-corrected chi connectivity index (χ1v) is 8.93. The summed E-state index contributed by atoms with van der Waals surface area (Å²) in [6, 6.07) is 11.8. The first kappa shape index (κ1) is 18.3. The first-order valence-electron chi connectivity index (χ1n) is 8.93. The molecule has 1 aliphatic rings. The summed E-state index contributed by atoms with van der Waals surface area (Å²) >= 11 is 0. The van der Waals surface area contributed by atoms with E-state index in [1.807, 2.05) is 0 Å². The third-order valence-electron chi connectivity index (χ3n) is 5.05. The standard InChI is InChI=1S/C20H18F3N5/c21-14-5-6-16-17(9-14)28(11-13-3-1-12(10-24)2-4-13)20(26-16)27-8-7-15(22)18(25)19(27)23/h1-6,9,15,18-19H,7-8,11,25H2/t15?,18-,19?/m1/s1. The van der Waals surface area contributed by atoms with Crippen LogP contribution in [0.4, 0.5) is 19.1 Å². The van der Waals surface area contributed by atoms with Gasteiger partial charge >= 0.3 is 0 Å². The van der Waals surface area contributed by atoms with E-state index in [1.165, 1.54) is 23.1 Å². The number of nitriles is 1. The Morgan fingerprint density at radius 2 is 1.93 bits per heavy atom. The summed E-state index contributed by atoms with van der Waals surface area (Å²) < 4.78 is 44.2. The van der Waals surface area contributed by atoms with E-state index in [2.05, 4.69) is 11.1 Å². The Labute approximate surface area is 159 Å². The smallest absolute Gasteiger partial charge is 0.209 e. The number of piperidine rings is 1. The molecule has 3 aromatic rings. The van der Waals surface area contributed by atoms with Gasteiger partial charge in [-0.15, -0.1) is 0 Å². The zero-order chi connectivity index (χ0) is 19.8. The van der Waals surface area contributed by atoms with Crippen LogP contribution in [0.3, 0.4) is 0 Å². The topological polar surface area (TPSA) is 70.9 Å². The second-order valence-electron chi connectivity index (χ2n) is 6.89. The molecule has 144 valence electrons. The van der Waals surface area contributed by atoms with Crippen LogP contribution in [0.25, 0.3) is 11.0 Å². The highest BCUT2D eigenvalue weighted by atomic mass is 19.2. The van der Waals surface area contributed by atoms with Gasteiger partial charge in [0.05, 0.1) is 35.3 Å². The average Bonchev–Trinajstić information content (AvgIpc) is 3.04. The van der Waals surface area contributed by atoms with Crippen molar-refractivity contribution < 1.29 is 13.2 Å². The number of rotatable bonds is 3. The van der Waals surface area contributed by atoms with E-state index in [-0.39, 0.29) is 18.9 Å². The third-order valence-corrected chi connectivity index (χ3v) is 5.05. The van der Waals surface area contributed by atoms with Gasteiger partial charge in [0.15, 0.2) is 6.30 Å². The van der Waals surface area contributed by atoms with E-state index in [0.717, 1.165) is 5.56 Å². The van der Waals surface area contributed by atoms with Gasteiger partial charge in [-0.2, -0.15) is 5.26 Å². The minimum atomic E-state index is -1.73. The lowest BCUT2D eigenvalue weighted by Crippen LogP contribution is -2.56. The number of halogens is 3. The van der Waals surface area contributed by atoms with E-state index < -0.39 is 24.3 Å². The lowest BCUT2D eigenvalue weighted by molar-refractivity contribution is 0.137. The van der Waals surface area contributed by atoms with Crippen molar-refractivity contribution in [2.24, 2.45) is 5.73 Å². The SMILES string of the molecule is N#Cc1ccc(Cn2c(N3CCC(F)[C@@H](N)C3F)nc3ccc(F)cc32)cc1. The van der Waals surface area contributed by atoms with Crippen LogP contribution >= 0.6 is 0 Å². The van der Waals surface area contributed by atoms with Crippen molar-refractivity contribution in [1.29, 1.82) is 5.26 Å². The monoisotopic (exact) mass is 385 g/mol. The van der Waals surface area contributed by atoms with Crippen molar-refractivity contribution in [2.45, 2.75) is 31.5 Å². The molecule has 1 aromatic heterocycles. The van der Waals surface area contributed by atoms with E-state index in [1.54, 1.807) is 28.8 Å². The van der Waals surface area contributed by atoms with Crippen molar-refractivity contribution in [3.05, 3.63) is 59.4 Å². The van der Waals surface area contributed by atoms with Crippen molar-refractivity contribution in [3.8, 4) is 6.07 Å². The molecule has 4 rings (SSSR count). The van der Waals surface area contributed by atoms with Crippen molar-refractivity contribution in [3.63, 3.8) is 0 Å². The van der Waals surface area contributed by atoms with Crippen molar-refractivity contribution in [2.75, 3.05) is 11.4 Å². The molecule has 2 unspecified atom stereocenters. The van der Waals surface area contributed by atoms with Gasteiger partial charge in [0.1, 0.15) is 12.0 Å². The Balaban J connectivity index is 1.79. The predicted molar refractivity (Wildman–Crippen MR) is 99.7 cm³/mol. The number of alkyl halides is 2. The largest absolute Gasteiger partial charge is 0.321 e. The Kier molecular flexibility index (Phi) is 4.69. The van der Waals surface area contributed by atoms with Crippen LogP contribution in [0.5, 0.6) is 0 Å². The maximum atomic E-state index is 14.8. The maximum absolute atomic E-state index is 14.8. The predicted octanol–water partition coefficient (Wildman–Crippen LogP) is 3.27. The molecule has 5 nitrogen and oxygen atoms in total. The van der Waals surface area contributed by atoms with Crippen LogP contribution < -0.4 is 10.6 Å². The van der Waals surface area contributed by atoms with Crippen molar-refractivity contribution in [1.82, 2.24) is 9.55 Å². The highest BCUT2D eigenvalue weighted by molar-refractivity contribution is 5.79. The number of aromatic nitrogens is 2. The van der Waals surface area contributed by atoms with Crippen LogP contribution in [0, 0.1) is 17.1 Å². The van der Waals surface area contributed by atoms with E-state index >= 15 is 0 Å². The lowest BCUT2D eigenvalue weighted by atomic mass is 10.0. The second-order valence-corrected chi connectivity index (χ2v) is 6.89. The molecule has 1 fully saturated rings. The Bertz CT molecular complexity index is 1040. The molecule has 0 saturated carbocycles. The van der Waals surface area contributed by atoms with Crippen LogP contribution in [0.1, 0.15) is 17.5 Å². The molecule has 0 amide bonds. The molecule has 8 heteroatoms. The Hall–Kier alpha value is -3.05. The van der Waals surface area contributed by atoms with Gasteiger partial charge in [0, 0.05) is 6.54 Å². The molecule has 2 N–H and O–H groups in total. The molecule has 3 atom stereocenters. The Morgan fingerprint density at radius 3 is 2.64 bits per heavy atom. The minimum Gasteiger partial charge on any atom is -0.321 e. The molecule has 1 aliphatic heterocycles. The maximum Gasteiger partial charge on any atom is 0.209 e.